The summed E-state index contributed by atoms with van der Waals surface area (Å²) in [6.07, 6.45) is 2.41. The Morgan fingerprint density at radius 2 is 2.00 bits per heavy atom. The van der Waals surface area contributed by atoms with Crippen molar-refractivity contribution in [2.24, 2.45) is 0 Å². The van der Waals surface area contributed by atoms with Gasteiger partial charge >= 0.3 is 0 Å². The van der Waals surface area contributed by atoms with Crippen molar-refractivity contribution >= 4 is 10.9 Å². The summed E-state index contributed by atoms with van der Waals surface area (Å²) < 4.78 is 0. The molecule has 4 rings (SSSR count). The average Bonchev–Trinajstić information content (AvgIpc) is 2.79. The van der Waals surface area contributed by atoms with E-state index in [0.717, 1.165) is 25.2 Å². The molecular weight excluding hydrogens is 270 g/mol. The maximum atomic E-state index is 4.44. The molecule has 22 heavy (non-hydrogen) atoms. The van der Waals surface area contributed by atoms with E-state index in [2.05, 4.69) is 64.5 Å². The van der Waals surface area contributed by atoms with Crippen molar-refractivity contribution in [3.8, 4) is 0 Å². The van der Waals surface area contributed by atoms with E-state index in [-0.39, 0.29) is 0 Å². The number of hydrogen-bond acceptors (Lipinski definition) is 2. The molecule has 2 aromatic carbocycles. The van der Waals surface area contributed by atoms with Crippen LogP contribution in [0, 0.1) is 6.92 Å². The topological polar surface area (TPSA) is 31.9 Å². The monoisotopic (exact) mass is 291 g/mol. The van der Waals surface area contributed by atoms with Crippen LogP contribution >= 0.6 is 0 Å². The van der Waals surface area contributed by atoms with Crippen LogP contribution in [0.2, 0.25) is 0 Å². The van der Waals surface area contributed by atoms with Crippen LogP contribution < -0.4 is 0 Å². The van der Waals surface area contributed by atoms with Crippen LogP contribution in [-0.4, -0.2) is 21.6 Å². The molecule has 0 radical (unpaired) electrons. The number of aryl methyl sites for hydroxylation is 2. The second-order valence-electron chi connectivity index (χ2n) is 6.31. The zero-order chi connectivity index (χ0) is 14.9. The van der Waals surface area contributed by atoms with Gasteiger partial charge in [-0.2, -0.15) is 5.10 Å². The first-order valence-corrected chi connectivity index (χ1v) is 8.02. The molecule has 1 aliphatic heterocycles. The van der Waals surface area contributed by atoms with Crippen molar-refractivity contribution in [1.82, 2.24) is 15.1 Å². The lowest BCUT2D eigenvalue weighted by molar-refractivity contribution is 0.259. The van der Waals surface area contributed by atoms with Crippen LogP contribution in [0.1, 0.15) is 28.8 Å². The van der Waals surface area contributed by atoms with Gasteiger partial charge in [0, 0.05) is 18.5 Å². The van der Waals surface area contributed by atoms with Crippen molar-refractivity contribution in [1.29, 1.82) is 0 Å². The molecule has 3 nitrogen and oxygen atoms in total. The van der Waals surface area contributed by atoms with E-state index in [1.165, 1.54) is 40.6 Å². The number of H-pyrrole nitrogens is 1. The summed E-state index contributed by atoms with van der Waals surface area (Å²) in [5, 5.41) is 8.94. The molecule has 0 spiro atoms. The Morgan fingerprint density at radius 1 is 1.14 bits per heavy atom. The number of benzene rings is 2. The molecular formula is C19H21N3. The molecule has 112 valence electrons. The third-order valence-corrected chi connectivity index (χ3v) is 4.60. The molecule has 2 heterocycles. The van der Waals surface area contributed by atoms with Gasteiger partial charge in [0.15, 0.2) is 0 Å². The Labute approximate surface area is 131 Å². The smallest absolute Gasteiger partial charge is 0.0924 e. The van der Waals surface area contributed by atoms with Crippen LogP contribution in [0.5, 0.6) is 0 Å². The fraction of sp³-hybridized carbons (Fsp3) is 0.316. The Morgan fingerprint density at radius 3 is 2.91 bits per heavy atom. The summed E-state index contributed by atoms with van der Waals surface area (Å²) in [4.78, 5) is 2.53. The Kier molecular flexibility index (Phi) is 3.43. The molecule has 0 atom stereocenters. The first kappa shape index (κ1) is 13.5. The lowest BCUT2D eigenvalue weighted by Gasteiger charge is -2.19. The van der Waals surface area contributed by atoms with E-state index >= 15 is 0 Å². The van der Waals surface area contributed by atoms with Gasteiger partial charge in [-0.05, 0) is 49.6 Å². The van der Waals surface area contributed by atoms with E-state index in [1.54, 1.807) is 0 Å². The molecule has 0 amide bonds. The molecule has 0 saturated heterocycles. The number of aromatic nitrogens is 2. The minimum atomic E-state index is 0.939. The van der Waals surface area contributed by atoms with Crippen molar-refractivity contribution in [2.45, 2.75) is 32.9 Å². The fourth-order valence-electron chi connectivity index (χ4n) is 3.42. The van der Waals surface area contributed by atoms with E-state index in [0.29, 0.717) is 0 Å². The molecule has 1 N–H and O–H groups in total. The van der Waals surface area contributed by atoms with Gasteiger partial charge in [-0.15, -0.1) is 0 Å². The van der Waals surface area contributed by atoms with Gasteiger partial charge in [-0.25, -0.2) is 0 Å². The third-order valence-electron chi connectivity index (χ3n) is 4.60. The second-order valence-corrected chi connectivity index (χ2v) is 6.31. The van der Waals surface area contributed by atoms with Gasteiger partial charge < -0.3 is 0 Å². The van der Waals surface area contributed by atoms with Gasteiger partial charge in [0.05, 0.1) is 11.2 Å². The highest BCUT2D eigenvalue weighted by atomic mass is 15.2. The quantitative estimate of drug-likeness (QED) is 0.778. The fourth-order valence-corrected chi connectivity index (χ4v) is 3.42. The first-order chi connectivity index (χ1) is 10.8. The molecule has 3 heteroatoms. The molecule has 0 bridgehead atoms. The van der Waals surface area contributed by atoms with Crippen molar-refractivity contribution in [3.63, 3.8) is 0 Å². The molecule has 1 aliphatic rings. The third kappa shape index (κ3) is 2.53. The van der Waals surface area contributed by atoms with E-state index in [1.807, 2.05) is 0 Å². The number of rotatable bonds is 2. The minimum Gasteiger partial charge on any atom is -0.293 e. The normalized spacial score (nSPS) is 15.7. The zero-order valence-corrected chi connectivity index (χ0v) is 13.0. The Balaban J connectivity index is 1.61. The van der Waals surface area contributed by atoms with Crippen molar-refractivity contribution in [2.75, 3.05) is 6.54 Å². The largest absolute Gasteiger partial charge is 0.293 e. The van der Waals surface area contributed by atoms with Gasteiger partial charge in [-0.3, -0.25) is 10.00 Å². The lowest BCUT2D eigenvalue weighted by Crippen LogP contribution is -2.23. The highest BCUT2D eigenvalue weighted by Gasteiger charge is 2.16. The molecule has 0 unspecified atom stereocenters. The van der Waals surface area contributed by atoms with E-state index in [9.17, 15) is 0 Å². The van der Waals surface area contributed by atoms with Crippen molar-refractivity contribution in [3.05, 3.63) is 64.8 Å². The standard InChI is InChI=1S/C19H21N3/c1-14-8-9-18-17(11-14)19(21-20-18)13-22-10-4-7-15-5-2-3-6-16(15)12-22/h2-3,5-6,8-9,11H,4,7,10,12-13H2,1H3,(H,20,21). The van der Waals surface area contributed by atoms with Crippen LogP contribution in [0.15, 0.2) is 42.5 Å². The predicted octanol–water partition coefficient (Wildman–Crippen LogP) is 3.82. The van der Waals surface area contributed by atoms with Gasteiger partial charge in [0.25, 0.3) is 0 Å². The molecule has 0 fully saturated rings. The maximum Gasteiger partial charge on any atom is 0.0924 e. The first-order valence-electron chi connectivity index (χ1n) is 8.02. The lowest BCUT2D eigenvalue weighted by atomic mass is 10.0. The highest BCUT2D eigenvalue weighted by molar-refractivity contribution is 5.81. The number of fused-ring (bicyclic) bond motifs is 2. The summed E-state index contributed by atoms with van der Waals surface area (Å²) >= 11 is 0. The zero-order valence-electron chi connectivity index (χ0n) is 13.0. The summed E-state index contributed by atoms with van der Waals surface area (Å²) in [5.74, 6) is 0. The molecule has 0 aliphatic carbocycles. The average molecular weight is 291 g/mol. The number of nitrogens with one attached hydrogen (secondary N) is 1. The number of aromatic amines is 1. The second kappa shape index (κ2) is 5.58. The molecule has 1 aromatic heterocycles. The van der Waals surface area contributed by atoms with Crippen LogP contribution in [0.25, 0.3) is 10.9 Å². The Hall–Kier alpha value is -2.13. The van der Waals surface area contributed by atoms with E-state index in [4.69, 9.17) is 0 Å². The van der Waals surface area contributed by atoms with Crippen LogP contribution in [0.4, 0.5) is 0 Å². The summed E-state index contributed by atoms with van der Waals surface area (Å²) in [6, 6.07) is 15.3. The van der Waals surface area contributed by atoms with Crippen LogP contribution in [0.3, 0.4) is 0 Å². The Bertz CT molecular complexity index is 803. The maximum absolute atomic E-state index is 4.44. The SMILES string of the molecule is Cc1ccc2n[nH]c(CN3CCCc4ccccc4C3)c2c1. The summed E-state index contributed by atoms with van der Waals surface area (Å²) in [6.45, 7) is 5.25. The summed E-state index contributed by atoms with van der Waals surface area (Å²) in [7, 11) is 0. The predicted molar refractivity (Wildman–Crippen MR) is 89.7 cm³/mol. The number of hydrogen-bond donors (Lipinski definition) is 1. The minimum absolute atomic E-state index is 0.939. The summed E-state index contributed by atoms with van der Waals surface area (Å²) in [5.41, 5.74) is 6.57. The van der Waals surface area contributed by atoms with Gasteiger partial charge in [0.2, 0.25) is 0 Å². The van der Waals surface area contributed by atoms with E-state index < -0.39 is 0 Å². The van der Waals surface area contributed by atoms with Gasteiger partial charge in [-0.1, -0.05) is 35.9 Å². The van der Waals surface area contributed by atoms with Crippen LogP contribution in [-0.2, 0) is 19.5 Å². The number of nitrogens with zero attached hydrogens (tertiary/aromatic N) is 2. The van der Waals surface area contributed by atoms with Crippen molar-refractivity contribution < 1.29 is 0 Å². The molecule has 3 aromatic rings. The van der Waals surface area contributed by atoms with Gasteiger partial charge in [0.1, 0.15) is 0 Å². The highest BCUT2D eigenvalue weighted by Crippen LogP contribution is 2.23. The molecule has 0 saturated carbocycles.